The Bertz CT molecular complexity index is 562. The van der Waals surface area contributed by atoms with Crippen molar-refractivity contribution in [1.82, 2.24) is 10.7 Å². The molecule has 126 valence electrons. The number of rotatable bonds is 8. The lowest BCUT2D eigenvalue weighted by Crippen LogP contribution is -2.32. The molecule has 23 heavy (non-hydrogen) atoms. The molecule has 0 bridgehead atoms. The normalized spacial score (nSPS) is 10.4. The van der Waals surface area contributed by atoms with Crippen molar-refractivity contribution < 1.29 is 14.3 Å². The van der Waals surface area contributed by atoms with E-state index in [9.17, 15) is 4.79 Å². The minimum atomic E-state index is -0.397. The smallest absolute Gasteiger partial charge is 0.308 e. The van der Waals surface area contributed by atoms with E-state index in [2.05, 4.69) is 22.8 Å². The summed E-state index contributed by atoms with van der Waals surface area (Å²) < 4.78 is 10.2. The number of hydrogen-bond acceptors (Lipinski definition) is 5. The Kier molecular flexibility index (Phi) is 8.67. The maximum Gasteiger partial charge on any atom is 0.308 e. The van der Waals surface area contributed by atoms with Crippen LogP contribution < -0.4 is 20.2 Å². The molecule has 1 rings (SSSR count). The molecule has 1 aromatic carbocycles. The van der Waals surface area contributed by atoms with Crippen molar-refractivity contribution in [2.24, 2.45) is 5.10 Å². The van der Waals surface area contributed by atoms with Gasteiger partial charge in [0.25, 0.3) is 0 Å². The fraction of sp³-hybridized carbons (Fsp3) is 0.438. The Hall–Kier alpha value is -2.15. The van der Waals surface area contributed by atoms with E-state index in [1.54, 1.807) is 24.4 Å². The number of thiocarbonyl (C=S) groups is 1. The fourth-order valence-corrected chi connectivity index (χ4v) is 1.94. The van der Waals surface area contributed by atoms with E-state index in [-0.39, 0.29) is 0 Å². The first-order valence-corrected chi connectivity index (χ1v) is 7.91. The molecule has 0 unspecified atom stereocenters. The summed E-state index contributed by atoms with van der Waals surface area (Å²) in [5, 5.41) is 7.63. The number of benzene rings is 1. The van der Waals surface area contributed by atoms with Gasteiger partial charge in [-0.2, -0.15) is 5.10 Å². The van der Waals surface area contributed by atoms with Crippen LogP contribution in [0.5, 0.6) is 11.5 Å². The van der Waals surface area contributed by atoms with Gasteiger partial charge in [-0.3, -0.25) is 10.2 Å². The van der Waals surface area contributed by atoms with Crippen molar-refractivity contribution in [3.05, 3.63) is 23.8 Å². The quantitative estimate of drug-likeness (QED) is 0.190. The van der Waals surface area contributed by atoms with Crippen LogP contribution in [0.3, 0.4) is 0 Å². The number of ether oxygens (including phenoxy) is 2. The predicted molar refractivity (Wildman–Crippen MR) is 95.2 cm³/mol. The topological polar surface area (TPSA) is 72.0 Å². The van der Waals surface area contributed by atoms with Gasteiger partial charge in [0.1, 0.15) is 0 Å². The van der Waals surface area contributed by atoms with E-state index in [0.29, 0.717) is 16.6 Å². The van der Waals surface area contributed by atoms with Crippen molar-refractivity contribution in [1.29, 1.82) is 0 Å². The van der Waals surface area contributed by atoms with E-state index >= 15 is 0 Å². The molecule has 7 heteroatoms. The van der Waals surface area contributed by atoms with E-state index in [0.717, 1.165) is 18.5 Å². The lowest BCUT2D eigenvalue weighted by atomic mass is 10.2. The van der Waals surface area contributed by atoms with Gasteiger partial charge >= 0.3 is 5.97 Å². The number of nitrogens with one attached hydrogen (secondary N) is 2. The highest BCUT2D eigenvalue weighted by Gasteiger charge is 2.07. The molecule has 0 spiro atoms. The molecule has 1 aromatic rings. The Morgan fingerprint density at radius 3 is 2.78 bits per heavy atom. The molecular weight excluding hydrogens is 314 g/mol. The largest absolute Gasteiger partial charge is 0.493 e. The first-order valence-electron chi connectivity index (χ1n) is 7.50. The number of hydrogen-bond donors (Lipinski definition) is 2. The molecule has 0 fully saturated rings. The number of unbranched alkanes of at least 4 members (excludes halogenated alkanes) is 2. The van der Waals surface area contributed by atoms with Crippen LogP contribution in [-0.2, 0) is 4.79 Å². The average Bonchev–Trinajstić information content (AvgIpc) is 2.52. The van der Waals surface area contributed by atoms with Gasteiger partial charge < -0.3 is 14.8 Å². The Morgan fingerprint density at radius 1 is 1.35 bits per heavy atom. The molecule has 0 saturated heterocycles. The van der Waals surface area contributed by atoms with E-state index in [1.807, 2.05) is 0 Å². The molecule has 0 aliphatic heterocycles. The number of nitrogens with zero attached hydrogens (tertiary/aromatic N) is 1. The van der Waals surface area contributed by atoms with Crippen LogP contribution in [0.4, 0.5) is 0 Å². The van der Waals surface area contributed by atoms with Crippen LogP contribution in [0.15, 0.2) is 23.3 Å². The molecule has 0 heterocycles. The van der Waals surface area contributed by atoms with Gasteiger partial charge in [0.15, 0.2) is 16.6 Å². The number of methoxy groups -OCH3 is 1. The summed E-state index contributed by atoms with van der Waals surface area (Å²) in [6.07, 6.45) is 5.04. The zero-order chi connectivity index (χ0) is 17.1. The van der Waals surface area contributed by atoms with Crippen LogP contribution in [0, 0.1) is 0 Å². The average molecular weight is 337 g/mol. The second kappa shape index (κ2) is 10.6. The van der Waals surface area contributed by atoms with Crippen molar-refractivity contribution in [2.75, 3.05) is 13.7 Å². The van der Waals surface area contributed by atoms with Crippen molar-refractivity contribution in [2.45, 2.75) is 33.1 Å². The van der Waals surface area contributed by atoms with E-state index in [1.165, 1.54) is 26.9 Å². The molecule has 0 aliphatic rings. The number of esters is 1. The molecular formula is C16H23N3O3S. The molecule has 2 N–H and O–H groups in total. The Morgan fingerprint density at radius 2 is 2.13 bits per heavy atom. The van der Waals surface area contributed by atoms with Gasteiger partial charge in [0.05, 0.1) is 13.3 Å². The summed E-state index contributed by atoms with van der Waals surface area (Å²) in [6.45, 7) is 4.33. The SMILES string of the molecule is CCCCCNC(=S)N/N=C\c1ccc(OC(C)=O)c(OC)c1. The van der Waals surface area contributed by atoms with Gasteiger partial charge in [-0.1, -0.05) is 19.8 Å². The minimum Gasteiger partial charge on any atom is -0.493 e. The summed E-state index contributed by atoms with van der Waals surface area (Å²) in [4.78, 5) is 11.0. The van der Waals surface area contributed by atoms with Crippen molar-refractivity contribution >= 4 is 29.5 Å². The Labute approximate surface area is 142 Å². The van der Waals surface area contributed by atoms with Gasteiger partial charge in [-0.15, -0.1) is 0 Å². The summed E-state index contributed by atoms with van der Waals surface area (Å²) in [6, 6.07) is 5.15. The third kappa shape index (κ3) is 7.60. The molecule has 0 radical (unpaired) electrons. The van der Waals surface area contributed by atoms with Crippen LogP contribution in [-0.4, -0.2) is 31.0 Å². The van der Waals surface area contributed by atoms with Gasteiger partial charge in [0, 0.05) is 13.5 Å². The molecule has 0 aliphatic carbocycles. The molecule has 0 atom stereocenters. The maximum absolute atomic E-state index is 11.0. The monoisotopic (exact) mass is 337 g/mol. The molecule has 0 saturated carbocycles. The third-order valence-electron chi connectivity index (χ3n) is 2.89. The zero-order valence-corrected chi connectivity index (χ0v) is 14.5. The van der Waals surface area contributed by atoms with Gasteiger partial charge in [-0.05, 0) is 42.4 Å². The van der Waals surface area contributed by atoms with Crippen LogP contribution in [0.25, 0.3) is 0 Å². The minimum absolute atomic E-state index is 0.373. The highest BCUT2D eigenvalue weighted by molar-refractivity contribution is 7.80. The van der Waals surface area contributed by atoms with Gasteiger partial charge in [0.2, 0.25) is 0 Å². The second-order valence-electron chi connectivity index (χ2n) is 4.84. The Balaban J connectivity index is 2.53. The summed E-state index contributed by atoms with van der Waals surface area (Å²) >= 11 is 5.12. The lowest BCUT2D eigenvalue weighted by molar-refractivity contribution is -0.132. The van der Waals surface area contributed by atoms with Crippen LogP contribution in [0.1, 0.15) is 38.7 Å². The van der Waals surface area contributed by atoms with E-state index in [4.69, 9.17) is 21.7 Å². The molecule has 0 aromatic heterocycles. The van der Waals surface area contributed by atoms with E-state index < -0.39 is 5.97 Å². The number of carbonyl (C=O) groups is 1. The van der Waals surface area contributed by atoms with Crippen molar-refractivity contribution in [3.63, 3.8) is 0 Å². The summed E-state index contributed by atoms with van der Waals surface area (Å²) in [5.74, 6) is 0.438. The summed E-state index contributed by atoms with van der Waals surface area (Å²) in [5.41, 5.74) is 3.55. The maximum atomic E-state index is 11.0. The second-order valence-corrected chi connectivity index (χ2v) is 5.25. The first kappa shape index (κ1) is 18.9. The highest BCUT2D eigenvalue weighted by atomic mass is 32.1. The van der Waals surface area contributed by atoms with Gasteiger partial charge in [-0.25, -0.2) is 0 Å². The number of hydrazone groups is 1. The standard InChI is InChI=1S/C16H23N3O3S/c1-4-5-6-9-17-16(23)19-18-11-13-7-8-14(22-12(2)20)15(10-13)21-3/h7-8,10-11H,4-6,9H2,1-3H3,(H2,17,19,23)/b18-11-. The third-order valence-corrected chi connectivity index (χ3v) is 3.12. The van der Waals surface area contributed by atoms with Crippen LogP contribution >= 0.6 is 12.2 Å². The highest BCUT2D eigenvalue weighted by Crippen LogP contribution is 2.27. The number of carbonyl (C=O) groups excluding carboxylic acids is 1. The lowest BCUT2D eigenvalue weighted by Gasteiger charge is -2.08. The molecule has 6 nitrogen and oxygen atoms in total. The van der Waals surface area contributed by atoms with Crippen LogP contribution in [0.2, 0.25) is 0 Å². The molecule has 0 amide bonds. The first-order chi connectivity index (χ1) is 11.1. The predicted octanol–water partition coefficient (Wildman–Crippen LogP) is 2.61. The fourth-order valence-electron chi connectivity index (χ4n) is 1.79. The van der Waals surface area contributed by atoms with Crippen molar-refractivity contribution in [3.8, 4) is 11.5 Å². The zero-order valence-electron chi connectivity index (χ0n) is 13.7. The summed E-state index contributed by atoms with van der Waals surface area (Å²) in [7, 11) is 1.51.